The minimum Gasteiger partial charge on any atom is -0.353 e. The summed E-state index contributed by atoms with van der Waals surface area (Å²) < 4.78 is 0. The van der Waals surface area contributed by atoms with E-state index >= 15 is 0 Å². The van der Waals surface area contributed by atoms with Crippen LogP contribution in [0.15, 0.2) is 12.4 Å². The highest BCUT2D eigenvalue weighted by molar-refractivity contribution is 5.37. The lowest BCUT2D eigenvalue weighted by molar-refractivity contribution is 0.192. The van der Waals surface area contributed by atoms with Gasteiger partial charge in [0.1, 0.15) is 5.82 Å². The van der Waals surface area contributed by atoms with Crippen molar-refractivity contribution in [2.45, 2.75) is 32.9 Å². The Morgan fingerprint density at radius 1 is 1.26 bits per heavy atom. The zero-order valence-corrected chi connectivity index (χ0v) is 12.3. The van der Waals surface area contributed by atoms with Crippen LogP contribution in [0.25, 0.3) is 0 Å². The van der Waals surface area contributed by atoms with Gasteiger partial charge in [0.25, 0.3) is 0 Å². The van der Waals surface area contributed by atoms with Crippen LogP contribution in [0.5, 0.6) is 0 Å². The molecule has 19 heavy (non-hydrogen) atoms. The average Bonchev–Trinajstić information content (AvgIpc) is 2.47. The molecule has 2 rings (SSSR count). The SMILES string of the molecule is CCC(C)N1CCN(c2cncc(CNC)n2)CC1. The lowest BCUT2D eigenvalue weighted by atomic mass is 10.2. The summed E-state index contributed by atoms with van der Waals surface area (Å²) in [6.45, 7) is 9.66. The molecule has 0 aliphatic carbocycles. The third kappa shape index (κ3) is 3.64. The molecule has 1 aromatic heterocycles. The highest BCUT2D eigenvalue weighted by Crippen LogP contribution is 2.15. The first-order valence-electron chi connectivity index (χ1n) is 7.19. The number of nitrogens with zero attached hydrogens (tertiary/aromatic N) is 4. The smallest absolute Gasteiger partial charge is 0.147 e. The van der Waals surface area contributed by atoms with Crippen LogP contribution in [0.4, 0.5) is 5.82 Å². The standard InChI is InChI=1S/C14H25N5/c1-4-12(2)18-5-7-19(8-6-18)14-11-16-10-13(17-14)9-15-3/h10-12,15H,4-9H2,1-3H3. The van der Waals surface area contributed by atoms with Crippen LogP contribution in [0.3, 0.4) is 0 Å². The molecule has 0 amide bonds. The maximum absolute atomic E-state index is 4.66. The Kier molecular flexibility index (Phi) is 5.10. The van der Waals surface area contributed by atoms with E-state index in [1.54, 1.807) is 0 Å². The summed E-state index contributed by atoms with van der Waals surface area (Å²) in [6.07, 6.45) is 4.92. The minimum atomic E-state index is 0.684. The summed E-state index contributed by atoms with van der Waals surface area (Å²) >= 11 is 0. The molecule has 1 aliphatic heterocycles. The Bertz CT molecular complexity index is 387. The number of hydrogen-bond acceptors (Lipinski definition) is 5. The minimum absolute atomic E-state index is 0.684. The van der Waals surface area contributed by atoms with Gasteiger partial charge in [-0.3, -0.25) is 9.88 Å². The van der Waals surface area contributed by atoms with Crippen molar-refractivity contribution in [3.63, 3.8) is 0 Å². The summed E-state index contributed by atoms with van der Waals surface area (Å²) in [4.78, 5) is 13.8. The zero-order chi connectivity index (χ0) is 13.7. The Morgan fingerprint density at radius 3 is 2.63 bits per heavy atom. The van der Waals surface area contributed by atoms with Crippen LogP contribution in [0, 0.1) is 0 Å². The van der Waals surface area contributed by atoms with Crippen molar-refractivity contribution in [1.29, 1.82) is 0 Å². The highest BCUT2D eigenvalue weighted by Gasteiger charge is 2.21. The van der Waals surface area contributed by atoms with Crippen LogP contribution in [-0.4, -0.2) is 54.1 Å². The summed E-state index contributed by atoms with van der Waals surface area (Å²) in [7, 11) is 1.93. The van der Waals surface area contributed by atoms with Gasteiger partial charge in [-0.15, -0.1) is 0 Å². The molecule has 0 saturated carbocycles. The number of piperazine rings is 1. The molecular formula is C14H25N5. The van der Waals surface area contributed by atoms with Gasteiger partial charge in [0.2, 0.25) is 0 Å². The third-order valence-electron chi connectivity index (χ3n) is 3.88. The van der Waals surface area contributed by atoms with Crippen molar-refractivity contribution in [1.82, 2.24) is 20.2 Å². The third-order valence-corrected chi connectivity index (χ3v) is 3.88. The Hall–Kier alpha value is -1.20. The number of hydrogen-bond donors (Lipinski definition) is 1. The van der Waals surface area contributed by atoms with E-state index in [0.717, 1.165) is 44.2 Å². The highest BCUT2D eigenvalue weighted by atomic mass is 15.3. The molecule has 0 radical (unpaired) electrons. The molecule has 2 heterocycles. The Morgan fingerprint density at radius 2 is 2.00 bits per heavy atom. The second-order valence-electron chi connectivity index (χ2n) is 5.18. The number of nitrogens with one attached hydrogen (secondary N) is 1. The van der Waals surface area contributed by atoms with Crippen LogP contribution in [0.2, 0.25) is 0 Å². The summed E-state index contributed by atoms with van der Waals surface area (Å²) in [5, 5.41) is 3.11. The first-order chi connectivity index (χ1) is 9.24. The maximum Gasteiger partial charge on any atom is 0.147 e. The first-order valence-corrected chi connectivity index (χ1v) is 7.19. The zero-order valence-electron chi connectivity index (χ0n) is 12.3. The predicted molar refractivity (Wildman–Crippen MR) is 78.3 cm³/mol. The fourth-order valence-electron chi connectivity index (χ4n) is 2.46. The molecule has 0 bridgehead atoms. The van der Waals surface area contributed by atoms with E-state index in [4.69, 9.17) is 0 Å². The fraction of sp³-hybridized carbons (Fsp3) is 0.714. The van der Waals surface area contributed by atoms with E-state index in [0.29, 0.717) is 6.04 Å². The molecule has 1 N–H and O–H groups in total. The van der Waals surface area contributed by atoms with E-state index in [9.17, 15) is 0 Å². The molecule has 0 spiro atoms. The largest absolute Gasteiger partial charge is 0.353 e. The normalized spacial score (nSPS) is 18.6. The van der Waals surface area contributed by atoms with Crippen LogP contribution < -0.4 is 10.2 Å². The molecule has 5 heteroatoms. The molecule has 1 aliphatic rings. The van der Waals surface area contributed by atoms with Gasteiger partial charge >= 0.3 is 0 Å². The molecule has 1 saturated heterocycles. The van der Waals surface area contributed by atoms with Crippen LogP contribution in [0.1, 0.15) is 26.0 Å². The van der Waals surface area contributed by atoms with Crippen LogP contribution in [-0.2, 0) is 6.54 Å². The van der Waals surface area contributed by atoms with Gasteiger partial charge in [-0.2, -0.15) is 0 Å². The summed E-state index contributed by atoms with van der Waals surface area (Å²) in [6, 6.07) is 0.684. The average molecular weight is 263 g/mol. The topological polar surface area (TPSA) is 44.3 Å². The van der Waals surface area contributed by atoms with Gasteiger partial charge in [0.05, 0.1) is 11.9 Å². The molecule has 5 nitrogen and oxygen atoms in total. The maximum atomic E-state index is 4.66. The van der Waals surface area contributed by atoms with Crippen molar-refractivity contribution < 1.29 is 0 Å². The van der Waals surface area contributed by atoms with E-state index in [1.807, 2.05) is 19.4 Å². The van der Waals surface area contributed by atoms with Gasteiger partial charge in [-0.25, -0.2) is 4.98 Å². The Labute approximate surface area is 116 Å². The molecule has 1 aromatic rings. The molecular weight excluding hydrogens is 238 g/mol. The number of aromatic nitrogens is 2. The summed E-state index contributed by atoms with van der Waals surface area (Å²) in [5.74, 6) is 1.01. The van der Waals surface area contributed by atoms with Crippen molar-refractivity contribution >= 4 is 5.82 Å². The summed E-state index contributed by atoms with van der Waals surface area (Å²) in [5.41, 5.74) is 1.00. The van der Waals surface area contributed by atoms with E-state index in [-0.39, 0.29) is 0 Å². The first kappa shape index (κ1) is 14.2. The van der Waals surface area contributed by atoms with Crippen molar-refractivity contribution in [2.24, 2.45) is 0 Å². The second-order valence-corrected chi connectivity index (χ2v) is 5.18. The second kappa shape index (κ2) is 6.82. The van der Waals surface area contributed by atoms with Crippen molar-refractivity contribution in [2.75, 3.05) is 38.1 Å². The lowest BCUT2D eigenvalue weighted by Gasteiger charge is -2.38. The lowest BCUT2D eigenvalue weighted by Crippen LogP contribution is -2.49. The molecule has 1 fully saturated rings. The van der Waals surface area contributed by atoms with Gasteiger partial charge in [-0.05, 0) is 20.4 Å². The monoisotopic (exact) mass is 263 g/mol. The van der Waals surface area contributed by atoms with Crippen LogP contribution >= 0.6 is 0 Å². The molecule has 1 unspecified atom stereocenters. The molecule has 106 valence electrons. The van der Waals surface area contributed by atoms with E-state index in [2.05, 4.69) is 38.9 Å². The van der Waals surface area contributed by atoms with Crippen molar-refractivity contribution in [3.05, 3.63) is 18.1 Å². The fourth-order valence-corrected chi connectivity index (χ4v) is 2.46. The van der Waals surface area contributed by atoms with Gasteiger partial charge < -0.3 is 10.2 Å². The number of anilines is 1. The molecule has 0 aromatic carbocycles. The van der Waals surface area contributed by atoms with Gasteiger partial charge in [0.15, 0.2) is 0 Å². The van der Waals surface area contributed by atoms with E-state index in [1.165, 1.54) is 6.42 Å². The van der Waals surface area contributed by atoms with Crippen molar-refractivity contribution in [3.8, 4) is 0 Å². The Balaban J connectivity index is 1.95. The predicted octanol–water partition coefficient (Wildman–Crippen LogP) is 1.12. The molecule has 1 atom stereocenters. The van der Waals surface area contributed by atoms with E-state index < -0.39 is 0 Å². The quantitative estimate of drug-likeness (QED) is 0.862. The van der Waals surface area contributed by atoms with Gasteiger partial charge in [-0.1, -0.05) is 6.92 Å². The van der Waals surface area contributed by atoms with Gasteiger partial charge in [0, 0.05) is 45.0 Å². The number of rotatable bonds is 5.